The number of Topliss-reactive ketones (excluding diaryl/α,β-unsaturated/α-hetero) is 1. The van der Waals surface area contributed by atoms with Crippen LogP contribution in [0.15, 0.2) is 5.10 Å². The third-order valence-corrected chi connectivity index (χ3v) is 7.51. The number of amides is 3. The molecule has 0 radical (unpaired) electrons. The summed E-state index contributed by atoms with van der Waals surface area (Å²) in [7, 11) is 0. The Balaban J connectivity index is 3.68. The normalized spacial score (nSPS) is 11.9. The fraction of sp³-hybridized carbons (Fsp3) is 0.824. The average Bonchev–Trinajstić information content (AvgIpc) is 3.08. The predicted octanol–water partition coefficient (Wildman–Crippen LogP) is 1.42. The van der Waals surface area contributed by atoms with Gasteiger partial charge in [-0.3, -0.25) is 19.2 Å². The van der Waals surface area contributed by atoms with Gasteiger partial charge >= 0.3 is 5.97 Å². The minimum atomic E-state index is -1.17. The minimum Gasteiger partial charge on any atom is -0.480 e. The Morgan fingerprint density at radius 1 is 0.608 bits per heavy atom. The molecule has 0 aromatic heterocycles. The van der Waals surface area contributed by atoms with Crippen LogP contribution in [0.3, 0.4) is 0 Å². The molecule has 0 heterocycles. The highest BCUT2D eigenvalue weighted by Gasteiger charge is 2.20. The third-order valence-electron chi connectivity index (χ3n) is 7.51. The monoisotopic (exact) mass is 731 g/mol. The number of carbonyl (C=O) groups excluding carboxylic acids is 4. The summed E-state index contributed by atoms with van der Waals surface area (Å²) in [4.78, 5) is 58.5. The van der Waals surface area contributed by atoms with Crippen LogP contribution < -0.4 is 33.1 Å². The molecule has 1 atom stereocenters. The van der Waals surface area contributed by atoms with Gasteiger partial charge in [0.15, 0.2) is 5.78 Å². The van der Waals surface area contributed by atoms with Gasteiger partial charge in [-0.2, -0.15) is 5.10 Å². The van der Waals surface area contributed by atoms with Crippen molar-refractivity contribution in [3.8, 4) is 0 Å². The molecule has 0 spiro atoms. The lowest BCUT2D eigenvalue weighted by atomic mass is 10.0. The van der Waals surface area contributed by atoms with Gasteiger partial charge < -0.3 is 45.7 Å². The molecule has 0 aromatic carbocycles. The number of ether oxygens (including phenoxy) is 4. The van der Waals surface area contributed by atoms with E-state index in [0.29, 0.717) is 38.6 Å². The predicted molar refractivity (Wildman–Crippen MR) is 192 cm³/mol. The van der Waals surface area contributed by atoms with E-state index in [-0.39, 0.29) is 82.3 Å². The summed E-state index contributed by atoms with van der Waals surface area (Å²) in [6.45, 7) is 3.49. The van der Waals surface area contributed by atoms with Gasteiger partial charge in [-0.1, -0.05) is 64.2 Å². The quantitative estimate of drug-likeness (QED) is 0.0157. The van der Waals surface area contributed by atoms with Crippen LogP contribution in [0.25, 0.3) is 0 Å². The van der Waals surface area contributed by atoms with E-state index in [9.17, 15) is 29.1 Å². The van der Waals surface area contributed by atoms with E-state index in [1.807, 2.05) is 0 Å². The highest BCUT2D eigenvalue weighted by atomic mass is 16.5. The average molecular weight is 732 g/mol. The number of hydrogen-bond donors (Lipinski definition) is 7. The molecule has 0 aliphatic carbocycles. The summed E-state index contributed by atoms with van der Waals surface area (Å²) < 4.78 is 20.9. The van der Waals surface area contributed by atoms with Gasteiger partial charge in [0, 0.05) is 32.4 Å². The lowest BCUT2D eigenvalue weighted by Crippen LogP contribution is -2.41. The summed E-state index contributed by atoms with van der Waals surface area (Å²) >= 11 is 0. The van der Waals surface area contributed by atoms with Crippen LogP contribution in [-0.2, 0) is 42.9 Å². The van der Waals surface area contributed by atoms with E-state index in [1.165, 1.54) is 45.4 Å². The Labute approximate surface area is 303 Å². The second-order valence-electron chi connectivity index (χ2n) is 12.2. The largest absolute Gasteiger partial charge is 0.480 e. The molecule has 0 bridgehead atoms. The molecular weight excluding hydrogens is 666 g/mol. The van der Waals surface area contributed by atoms with E-state index in [2.05, 4.69) is 26.6 Å². The molecule has 0 saturated carbocycles. The fourth-order valence-electron chi connectivity index (χ4n) is 4.78. The van der Waals surface area contributed by atoms with Gasteiger partial charge in [0.1, 0.15) is 25.1 Å². The van der Waals surface area contributed by atoms with Crippen molar-refractivity contribution in [3.63, 3.8) is 0 Å². The van der Waals surface area contributed by atoms with Crippen LogP contribution in [0, 0.1) is 0 Å². The Kier molecular flexibility index (Phi) is 32.7. The second-order valence-corrected chi connectivity index (χ2v) is 12.2. The van der Waals surface area contributed by atoms with Crippen LogP contribution in [0.4, 0.5) is 0 Å². The highest BCUT2D eigenvalue weighted by Crippen LogP contribution is 2.13. The van der Waals surface area contributed by atoms with Crippen LogP contribution in [0.5, 0.6) is 0 Å². The number of hydrogen-bond acceptors (Lipinski definition) is 12. The number of amidine groups is 1. The molecule has 0 aliphatic heterocycles. The molecule has 0 rings (SSSR count). The summed E-state index contributed by atoms with van der Waals surface area (Å²) in [5.41, 5.74) is 7.88. The van der Waals surface area contributed by atoms with Gasteiger partial charge in [0.05, 0.1) is 39.6 Å². The van der Waals surface area contributed by atoms with Crippen molar-refractivity contribution in [3.05, 3.63) is 0 Å². The van der Waals surface area contributed by atoms with Crippen molar-refractivity contribution in [2.24, 2.45) is 16.7 Å². The number of carbonyl (C=O) groups is 5. The Bertz CT molecular complexity index is 972. The van der Waals surface area contributed by atoms with E-state index < -0.39 is 12.0 Å². The third kappa shape index (κ3) is 34.8. The number of hydrazine groups is 1. The number of nitrogens with two attached hydrogens (primary N) is 2. The second kappa shape index (κ2) is 35.0. The standard InChI is InChI=1S/C34H65N7O10/c1-28(42)26-50-24-22-49-21-19-38-33(45)27-51-25-23-48-20-18-37-31(43)17-16-29(34(46)47)39-32(44)15-13-11-9-7-5-3-2-4-6-8-10-12-14-30(35)40-41-36/h29,41H,2-27,36H2,1H3,(H2,35,40)(H,37,43)(H,38,45)(H,39,44)(H,46,47)/t29-/m0/s1. The Hall–Kier alpha value is -3.38. The van der Waals surface area contributed by atoms with Gasteiger partial charge in [-0.15, -0.1) is 0 Å². The topological polar surface area (TPSA) is 255 Å². The zero-order chi connectivity index (χ0) is 37.8. The maximum Gasteiger partial charge on any atom is 0.326 e. The lowest BCUT2D eigenvalue weighted by Gasteiger charge is -2.14. The van der Waals surface area contributed by atoms with Crippen LogP contribution in [-0.4, -0.2) is 112 Å². The maximum absolute atomic E-state index is 12.3. The molecule has 296 valence electrons. The van der Waals surface area contributed by atoms with Crippen molar-refractivity contribution in [1.82, 2.24) is 21.5 Å². The zero-order valence-corrected chi connectivity index (χ0v) is 30.7. The van der Waals surface area contributed by atoms with E-state index >= 15 is 0 Å². The molecule has 17 heteroatoms. The molecule has 9 N–H and O–H groups in total. The number of nitrogens with one attached hydrogen (secondary N) is 4. The first-order chi connectivity index (χ1) is 24.6. The van der Waals surface area contributed by atoms with Crippen molar-refractivity contribution in [1.29, 1.82) is 0 Å². The first-order valence-electron chi connectivity index (χ1n) is 18.3. The van der Waals surface area contributed by atoms with Gasteiger partial charge in [0.25, 0.3) is 0 Å². The van der Waals surface area contributed by atoms with Crippen molar-refractivity contribution >= 4 is 35.3 Å². The minimum absolute atomic E-state index is 0.0126. The number of unbranched alkanes of at least 4 members (excludes halogenated alkanes) is 11. The van der Waals surface area contributed by atoms with E-state index in [1.54, 1.807) is 0 Å². The number of carboxylic acids is 1. The van der Waals surface area contributed by atoms with E-state index in [4.69, 9.17) is 30.5 Å². The number of aliphatic carboxylic acids is 1. The first kappa shape index (κ1) is 47.6. The SMILES string of the molecule is CC(=O)COCCOCCNC(=O)COCCOCCNC(=O)CC[C@H](NC(=O)CCCCCCCCCCCCCC/C(N)=N/NN)C(=O)O. The number of carboxylic acid groups (broad SMARTS) is 1. The first-order valence-corrected chi connectivity index (χ1v) is 18.3. The summed E-state index contributed by atoms with van der Waals surface area (Å²) in [6, 6.07) is -1.12. The van der Waals surface area contributed by atoms with Gasteiger partial charge in [0.2, 0.25) is 17.7 Å². The van der Waals surface area contributed by atoms with Gasteiger partial charge in [-0.25, -0.2) is 16.2 Å². The molecule has 17 nitrogen and oxygen atoms in total. The highest BCUT2D eigenvalue weighted by molar-refractivity contribution is 5.84. The van der Waals surface area contributed by atoms with Crippen molar-refractivity contribution < 1.29 is 48.0 Å². The van der Waals surface area contributed by atoms with Crippen LogP contribution in [0.1, 0.15) is 110 Å². The van der Waals surface area contributed by atoms with Crippen molar-refractivity contribution in [2.45, 2.75) is 116 Å². The van der Waals surface area contributed by atoms with E-state index in [0.717, 1.165) is 38.5 Å². The fourth-order valence-corrected chi connectivity index (χ4v) is 4.78. The molecule has 0 fully saturated rings. The molecule has 51 heavy (non-hydrogen) atoms. The molecule has 0 aromatic rings. The molecule has 0 saturated heterocycles. The summed E-state index contributed by atoms with van der Waals surface area (Å²) in [6.07, 6.45) is 14.2. The number of hydrazone groups is 1. The number of ketones is 1. The molecule has 0 aliphatic rings. The van der Waals surface area contributed by atoms with Gasteiger partial charge in [-0.05, 0) is 26.2 Å². The Morgan fingerprint density at radius 2 is 1.08 bits per heavy atom. The number of rotatable bonds is 37. The summed E-state index contributed by atoms with van der Waals surface area (Å²) in [5, 5.41) is 21.0. The summed E-state index contributed by atoms with van der Waals surface area (Å²) in [5.74, 6) is 3.45. The van der Waals surface area contributed by atoms with Crippen molar-refractivity contribution in [2.75, 3.05) is 65.9 Å². The molecule has 3 amide bonds. The number of nitrogens with zero attached hydrogens (tertiary/aromatic N) is 1. The molecular formula is C34H65N7O10. The Morgan fingerprint density at radius 3 is 1.59 bits per heavy atom. The van der Waals surface area contributed by atoms with Crippen LogP contribution in [0.2, 0.25) is 0 Å². The van der Waals surface area contributed by atoms with Crippen LogP contribution >= 0.6 is 0 Å². The molecule has 0 unspecified atom stereocenters. The lowest BCUT2D eigenvalue weighted by molar-refractivity contribution is -0.142. The maximum atomic E-state index is 12.3. The zero-order valence-electron chi connectivity index (χ0n) is 30.7. The smallest absolute Gasteiger partial charge is 0.326 e.